The number of benzene rings is 1. The average molecular weight is 432 g/mol. The lowest BCUT2D eigenvalue weighted by Gasteiger charge is -2.34. The van der Waals surface area contributed by atoms with Gasteiger partial charge in [0.2, 0.25) is 10.0 Å². The zero-order chi connectivity index (χ0) is 21.1. The number of hydrogen-bond acceptors (Lipinski definition) is 7. The van der Waals surface area contributed by atoms with Gasteiger partial charge in [-0.15, -0.1) is 10.2 Å². The van der Waals surface area contributed by atoms with Crippen LogP contribution in [0.1, 0.15) is 6.92 Å². The van der Waals surface area contributed by atoms with Gasteiger partial charge in [-0.1, -0.05) is 0 Å². The Kier molecular flexibility index (Phi) is 5.64. The van der Waals surface area contributed by atoms with Crippen LogP contribution >= 0.6 is 0 Å². The highest BCUT2D eigenvalue weighted by atomic mass is 32.2. The first kappa shape index (κ1) is 20.2. The summed E-state index contributed by atoms with van der Waals surface area (Å²) in [5.41, 5.74) is 0. The number of piperazine rings is 1. The topological polar surface area (TPSA) is 93.5 Å². The summed E-state index contributed by atoms with van der Waals surface area (Å²) >= 11 is 0. The minimum absolute atomic E-state index is 0.0402. The highest BCUT2D eigenvalue weighted by Gasteiger charge is 2.29. The molecule has 0 bridgehead atoms. The number of halogens is 1. The molecule has 1 aromatic carbocycles. The summed E-state index contributed by atoms with van der Waals surface area (Å²) in [7, 11) is -3.79. The van der Waals surface area contributed by atoms with Gasteiger partial charge in [0.25, 0.3) is 0 Å². The third-order valence-electron chi connectivity index (χ3n) is 4.78. The second-order valence-corrected chi connectivity index (χ2v) is 8.55. The van der Waals surface area contributed by atoms with Crippen LogP contribution in [0.5, 0.6) is 5.75 Å². The molecular weight excluding hydrogens is 411 g/mol. The van der Waals surface area contributed by atoms with Crippen LogP contribution in [-0.2, 0) is 10.0 Å². The Hall–Kier alpha value is -3.05. The minimum atomic E-state index is -3.79. The summed E-state index contributed by atoms with van der Waals surface area (Å²) < 4.78 is 48.0. The third kappa shape index (κ3) is 3.98. The molecule has 158 valence electrons. The van der Waals surface area contributed by atoms with Gasteiger partial charge in [0.05, 0.1) is 11.5 Å². The van der Waals surface area contributed by atoms with E-state index < -0.39 is 15.8 Å². The molecular formula is C19H21FN6O3S. The van der Waals surface area contributed by atoms with Gasteiger partial charge < -0.3 is 9.64 Å². The van der Waals surface area contributed by atoms with Crippen LogP contribution < -0.4 is 9.64 Å². The molecule has 0 amide bonds. The van der Waals surface area contributed by atoms with Gasteiger partial charge in [0.1, 0.15) is 0 Å². The van der Waals surface area contributed by atoms with Crippen molar-refractivity contribution in [3.05, 3.63) is 54.6 Å². The maximum Gasteiger partial charge on any atom is 0.243 e. The van der Waals surface area contributed by atoms with Crippen LogP contribution in [0, 0.1) is 5.82 Å². The van der Waals surface area contributed by atoms with Crippen LogP contribution in [-0.4, -0.2) is 65.5 Å². The van der Waals surface area contributed by atoms with Gasteiger partial charge in [0, 0.05) is 38.6 Å². The first-order valence-electron chi connectivity index (χ1n) is 9.50. The van der Waals surface area contributed by atoms with E-state index in [-0.39, 0.29) is 23.7 Å². The summed E-state index contributed by atoms with van der Waals surface area (Å²) in [4.78, 5) is 1.88. The molecule has 0 saturated carbocycles. The van der Waals surface area contributed by atoms with Crippen LogP contribution in [0.15, 0.2) is 53.7 Å². The van der Waals surface area contributed by atoms with Crippen LogP contribution in [0.25, 0.3) is 5.82 Å². The quantitative estimate of drug-likeness (QED) is 0.585. The standard InChI is InChI=1S/C19H21FN6O3S/c1-2-29-17-5-4-15(14-16(17)20)30(27,28)25-12-10-24(11-13-25)18-6-7-19(23-22-18)26-9-3-8-21-26/h3-9,14H,2,10-13H2,1H3. The van der Waals surface area contributed by atoms with Gasteiger partial charge >= 0.3 is 0 Å². The Morgan fingerprint density at radius 1 is 1.07 bits per heavy atom. The predicted molar refractivity (Wildman–Crippen MR) is 108 cm³/mol. The van der Waals surface area contributed by atoms with Crippen molar-refractivity contribution in [2.45, 2.75) is 11.8 Å². The highest BCUT2D eigenvalue weighted by Crippen LogP contribution is 2.25. The summed E-state index contributed by atoms with van der Waals surface area (Å²) in [6, 6.07) is 9.16. The van der Waals surface area contributed by atoms with Crippen molar-refractivity contribution in [1.82, 2.24) is 24.3 Å². The summed E-state index contributed by atoms with van der Waals surface area (Å²) in [5.74, 6) is 0.611. The molecule has 0 aliphatic carbocycles. The fraction of sp³-hybridized carbons (Fsp3) is 0.316. The molecule has 1 fully saturated rings. The molecule has 0 spiro atoms. The van der Waals surface area contributed by atoms with Crippen molar-refractivity contribution < 1.29 is 17.5 Å². The smallest absolute Gasteiger partial charge is 0.243 e. The molecule has 9 nitrogen and oxygen atoms in total. The Morgan fingerprint density at radius 2 is 1.80 bits per heavy atom. The number of aromatic nitrogens is 4. The average Bonchev–Trinajstić information content (AvgIpc) is 3.30. The van der Waals surface area contributed by atoms with E-state index >= 15 is 0 Å². The molecule has 1 aliphatic rings. The molecule has 2 aromatic heterocycles. The van der Waals surface area contributed by atoms with Gasteiger partial charge in [-0.25, -0.2) is 17.5 Å². The monoisotopic (exact) mass is 432 g/mol. The van der Waals surface area contributed by atoms with E-state index in [1.165, 1.54) is 16.4 Å². The Morgan fingerprint density at radius 3 is 2.40 bits per heavy atom. The number of nitrogens with zero attached hydrogens (tertiary/aromatic N) is 6. The molecule has 1 saturated heterocycles. The molecule has 1 aliphatic heterocycles. The molecule has 0 atom stereocenters. The van der Waals surface area contributed by atoms with Crippen LogP contribution in [0.3, 0.4) is 0 Å². The molecule has 30 heavy (non-hydrogen) atoms. The van der Waals surface area contributed by atoms with Gasteiger partial charge in [-0.2, -0.15) is 9.40 Å². The lowest BCUT2D eigenvalue weighted by molar-refractivity contribution is 0.321. The second kappa shape index (κ2) is 8.36. The summed E-state index contributed by atoms with van der Waals surface area (Å²) in [6.45, 7) is 3.47. The van der Waals surface area contributed by atoms with Gasteiger partial charge in [0.15, 0.2) is 23.2 Å². The number of rotatable bonds is 6. The fourth-order valence-electron chi connectivity index (χ4n) is 3.23. The largest absolute Gasteiger partial charge is 0.491 e. The zero-order valence-electron chi connectivity index (χ0n) is 16.3. The number of sulfonamides is 1. The minimum Gasteiger partial charge on any atom is -0.491 e. The Bertz CT molecular complexity index is 1100. The lowest BCUT2D eigenvalue weighted by atomic mass is 10.3. The van der Waals surface area contributed by atoms with E-state index in [2.05, 4.69) is 15.3 Å². The maximum absolute atomic E-state index is 14.1. The third-order valence-corrected chi connectivity index (χ3v) is 6.67. The Balaban J connectivity index is 1.43. The van der Waals surface area contributed by atoms with Gasteiger partial charge in [-0.3, -0.25) is 0 Å². The predicted octanol–water partition coefficient (Wildman–Crippen LogP) is 1.71. The normalized spacial score (nSPS) is 15.3. The van der Waals surface area contributed by atoms with Crippen LogP contribution in [0.2, 0.25) is 0 Å². The molecule has 0 radical (unpaired) electrons. The molecule has 11 heteroatoms. The molecule has 0 N–H and O–H groups in total. The van der Waals surface area contributed by atoms with Crippen molar-refractivity contribution in [2.24, 2.45) is 0 Å². The first-order chi connectivity index (χ1) is 14.5. The van der Waals surface area contributed by atoms with Crippen molar-refractivity contribution in [3.63, 3.8) is 0 Å². The Labute approximate surface area is 173 Å². The highest BCUT2D eigenvalue weighted by molar-refractivity contribution is 7.89. The van der Waals surface area contributed by atoms with Gasteiger partial charge in [-0.05, 0) is 43.3 Å². The SMILES string of the molecule is CCOc1ccc(S(=O)(=O)N2CCN(c3ccc(-n4cccn4)nn3)CC2)cc1F. The van der Waals surface area contributed by atoms with E-state index in [1.807, 2.05) is 11.0 Å². The van der Waals surface area contributed by atoms with Crippen LogP contribution in [0.4, 0.5) is 10.2 Å². The molecule has 0 unspecified atom stereocenters. The van der Waals surface area contributed by atoms with E-state index in [1.54, 1.807) is 36.1 Å². The number of anilines is 1. The summed E-state index contributed by atoms with van der Waals surface area (Å²) in [6.07, 6.45) is 3.43. The van der Waals surface area contributed by atoms with Crippen molar-refractivity contribution in [2.75, 3.05) is 37.7 Å². The fourth-order valence-corrected chi connectivity index (χ4v) is 4.67. The van der Waals surface area contributed by atoms with Crippen molar-refractivity contribution in [1.29, 1.82) is 0 Å². The second-order valence-electron chi connectivity index (χ2n) is 6.62. The van der Waals surface area contributed by atoms with E-state index in [0.717, 1.165) is 6.07 Å². The maximum atomic E-state index is 14.1. The number of hydrogen-bond donors (Lipinski definition) is 0. The summed E-state index contributed by atoms with van der Waals surface area (Å²) in [5, 5.41) is 12.5. The van der Waals surface area contributed by atoms with E-state index in [9.17, 15) is 12.8 Å². The van der Waals surface area contributed by atoms with E-state index in [4.69, 9.17) is 4.74 Å². The molecule has 3 aromatic rings. The van der Waals surface area contributed by atoms with Crippen molar-refractivity contribution in [3.8, 4) is 11.6 Å². The first-order valence-corrected chi connectivity index (χ1v) is 10.9. The van der Waals surface area contributed by atoms with Crippen molar-refractivity contribution >= 4 is 15.8 Å². The van der Waals surface area contributed by atoms with E-state index in [0.29, 0.717) is 31.3 Å². The lowest BCUT2D eigenvalue weighted by Crippen LogP contribution is -2.49. The molecule has 3 heterocycles. The number of ether oxygens (including phenoxy) is 1. The molecule has 4 rings (SSSR count). The zero-order valence-corrected chi connectivity index (χ0v) is 17.2.